The van der Waals surface area contributed by atoms with Crippen molar-refractivity contribution in [3.63, 3.8) is 0 Å². The minimum Gasteiger partial charge on any atom is -0.311 e. The fourth-order valence-corrected chi connectivity index (χ4v) is 4.03. The predicted octanol–water partition coefficient (Wildman–Crippen LogP) is 4.41. The van der Waals surface area contributed by atoms with Crippen molar-refractivity contribution >= 4 is 12.4 Å². The van der Waals surface area contributed by atoms with Gasteiger partial charge < -0.3 is 5.32 Å². The summed E-state index contributed by atoms with van der Waals surface area (Å²) in [4.78, 5) is 2.37. The molecule has 2 nitrogen and oxygen atoms in total. The molecule has 1 N–H and O–H groups in total. The van der Waals surface area contributed by atoms with Crippen LogP contribution in [0.2, 0.25) is 0 Å². The van der Waals surface area contributed by atoms with Crippen molar-refractivity contribution in [1.82, 2.24) is 10.2 Å². The standard InChI is InChI=1S/C18H25F3N2.ClH/c1-3-16-10-22-12(2)11-23(16)17(14-8-18(20,21)9-14)13-4-6-15(19)7-5-13;/h4-7,12,14,16-17,22H,3,8-11H2,1-2H3;1H/t12-,16+,17?;/m0./s1. The van der Waals surface area contributed by atoms with Crippen LogP contribution in [0.5, 0.6) is 0 Å². The molecule has 6 heteroatoms. The maximum atomic E-state index is 13.5. The molecule has 3 rings (SSSR count). The molecule has 1 heterocycles. The molecule has 136 valence electrons. The van der Waals surface area contributed by atoms with Crippen LogP contribution in [0.15, 0.2) is 24.3 Å². The number of rotatable bonds is 4. The molecule has 1 unspecified atom stereocenters. The van der Waals surface area contributed by atoms with Gasteiger partial charge in [0.1, 0.15) is 5.82 Å². The molecular formula is C18H26ClF3N2. The second-order valence-corrected chi connectivity index (χ2v) is 7.09. The van der Waals surface area contributed by atoms with Crippen LogP contribution in [0.4, 0.5) is 13.2 Å². The van der Waals surface area contributed by atoms with Crippen molar-refractivity contribution in [2.24, 2.45) is 5.92 Å². The maximum Gasteiger partial charge on any atom is 0.248 e. The Bertz CT molecular complexity index is 530. The van der Waals surface area contributed by atoms with Gasteiger partial charge in [0.2, 0.25) is 5.92 Å². The molecule has 1 aliphatic carbocycles. The van der Waals surface area contributed by atoms with Gasteiger partial charge in [-0.15, -0.1) is 12.4 Å². The van der Waals surface area contributed by atoms with Gasteiger partial charge in [-0.3, -0.25) is 4.90 Å². The molecule has 0 amide bonds. The molecule has 2 fully saturated rings. The van der Waals surface area contributed by atoms with Crippen LogP contribution in [0, 0.1) is 11.7 Å². The number of piperazine rings is 1. The van der Waals surface area contributed by atoms with Crippen LogP contribution in [-0.4, -0.2) is 36.0 Å². The van der Waals surface area contributed by atoms with Crippen molar-refractivity contribution in [3.8, 4) is 0 Å². The third-order valence-corrected chi connectivity index (χ3v) is 5.26. The second-order valence-electron chi connectivity index (χ2n) is 7.09. The van der Waals surface area contributed by atoms with E-state index in [0.29, 0.717) is 12.1 Å². The van der Waals surface area contributed by atoms with Gasteiger partial charge in [0.25, 0.3) is 0 Å². The smallest absolute Gasteiger partial charge is 0.248 e. The first-order valence-electron chi connectivity index (χ1n) is 8.52. The topological polar surface area (TPSA) is 15.3 Å². The third kappa shape index (κ3) is 4.06. The SMILES string of the molecule is CC[C@@H]1CN[C@@H](C)CN1C(c1ccc(F)cc1)C1CC(F)(F)C1.Cl. The normalized spacial score (nSPS) is 28.7. The Morgan fingerprint density at radius 3 is 2.42 bits per heavy atom. The molecule has 0 bridgehead atoms. The number of nitrogens with one attached hydrogen (secondary N) is 1. The van der Waals surface area contributed by atoms with Crippen molar-refractivity contribution in [2.45, 2.75) is 57.2 Å². The van der Waals surface area contributed by atoms with E-state index in [-0.39, 0.29) is 43.0 Å². The fraction of sp³-hybridized carbons (Fsp3) is 0.667. The summed E-state index contributed by atoms with van der Waals surface area (Å²) in [6.45, 7) is 5.96. The van der Waals surface area contributed by atoms with Crippen LogP contribution >= 0.6 is 12.4 Å². The van der Waals surface area contributed by atoms with E-state index in [4.69, 9.17) is 0 Å². The Kier molecular flexibility index (Phi) is 6.21. The van der Waals surface area contributed by atoms with Gasteiger partial charge in [0, 0.05) is 44.1 Å². The molecule has 1 saturated heterocycles. The minimum atomic E-state index is -2.54. The van der Waals surface area contributed by atoms with Gasteiger partial charge >= 0.3 is 0 Å². The zero-order valence-corrected chi connectivity index (χ0v) is 15.0. The lowest BCUT2D eigenvalue weighted by atomic mass is 9.73. The van der Waals surface area contributed by atoms with Gasteiger partial charge in [-0.05, 0) is 37.0 Å². The Hall–Kier alpha value is -0.780. The van der Waals surface area contributed by atoms with E-state index in [1.165, 1.54) is 12.1 Å². The molecule has 1 aromatic carbocycles. The molecule has 0 aromatic heterocycles. The van der Waals surface area contributed by atoms with E-state index in [9.17, 15) is 13.2 Å². The Morgan fingerprint density at radius 1 is 1.25 bits per heavy atom. The lowest BCUT2D eigenvalue weighted by Gasteiger charge is -2.50. The van der Waals surface area contributed by atoms with Crippen molar-refractivity contribution in [2.75, 3.05) is 13.1 Å². The van der Waals surface area contributed by atoms with Crippen LogP contribution in [0.25, 0.3) is 0 Å². The molecule has 1 aliphatic heterocycles. The highest BCUT2D eigenvalue weighted by molar-refractivity contribution is 5.85. The summed E-state index contributed by atoms with van der Waals surface area (Å²) in [5.74, 6) is -2.88. The van der Waals surface area contributed by atoms with Gasteiger partial charge in [0.05, 0.1) is 0 Å². The second kappa shape index (κ2) is 7.63. The summed E-state index contributed by atoms with van der Waals surface area (Å²) in [5.41, 5.74) is 0.958. The summed E-state index contributed by atoms with van der Waals surface area (Å²) in [5, 5.41) is 3.47. The quantitative estimate of drug-likeness (QED) is 0.853. The molecular weight excluding hydrogens is 337 g/mol. The molecule has 0 spiro atoms. The number of benzene rings is 1. The lowest BCUT2D eigenvalue weighted by molar-refractivity contribution is -0.138. The predicted molar refractivity (Wildman–Crippen MR) is 92.3 cm³/mol. The molecule has 3 atom stereocenters. The van der Waals surface area contributed by atoms with Gasteiger partial charge in [-0.1, -0.05) is 19.1 Å². The number of alkyl halides is 2. The first-order chi connectivity index (χ1) is 10.9. The minimum absolute atomic E-state index is 0. The van der Waals surface area contributed by atoms with Crippen LogP contribution < -0.4 is 5.32 Å². The number of nitrogens with zero attached hydrogens (tertiary/aromatic N) is 1. The maximum absolute atomic E-state index is 13.5. The highest BCUT2D eigenvalue weighted by Gasteiger charge is 2.51. The summed E-state index contributed by atoms with van der Waals surface area (Å²) in [6.07, 6.45) is 0.841. The average Bonchev–Trinajstić information content (AvgIpc) is 2.48. The Morgan fingerprint density at radius 2 is 1.88 bits per heavy atom. The van der Waals surface area contributed by atoms with E-state index in [0.717, 1.165) is 25.1 Å². The largest absolute Gasteiger partial charge is 0.311 e. The van der Waals surface area contributed by atoms with Crippen molar-refractivity contribution < 1.29 is 13.2 Å². The summed E-state index contributed by atoms with van der Waals surface area (Å²) in [6, 6.07) is 7.00. The van der Waals surface area contributed by atoms with Gasteiger partial charge in [-0.25, -0.2) is 13.2 Å². The Labute approximate surface area is 148 Å². The zero-order valence-electron chi connectivity index (χ0n) is 14.1. The highest BCUT2D eigenvalue weighted by Crippen LogP contribution is 2.51. The van der Waals surface area contributed by atoms with Crippen LogP contribution in [0.3, 0.4) is 0 Å². The van der Waals surface area contributed by atoms with E-state index < -0.39 is 5.92 Å². The van der Waals surface area contributed by atoms with E-state index in [1.54, 1.807) is 12.1 Å². The number of halogens is 4. The third-order valence-electron chi connectivity index (χ3n) is 5.26. The van der Waals surface area contributed by atoms with Gasteiger partial charge in [-0.2, -0.15) is 0 Å². The fourth-order valence-electron chi connectivity index (χ4n) is 4.03. The molecule has 1 saturated carbocycles. The van der Waals surface area contributed by atoms with E-state index in [1.807, 2.05) is 0 Å². The van der Waals surface area contributed by atoms with Crippen molar-refractivity contribution in [3.05, 3.63) is 35.6 Å². The molecule has 2 aliphatic rings. The first-order valence-corrected chi connectivity index (χ1v) is 8.52. The number of hydrogen-bond acceptors (Lipinski definition) is 2. The summed E-state index contributed by atoms with van der Waals surface area (Å²) in [7, 11) is 0. The first kappa shape index (κ1) is 19.5. The molecule has 24 heavy (non-hydrogen) atoms. The summed E-state index contributed by atoms with van der Waals surface area (Å²) >= 11 is 0. The lowest BCUT2D eigenvalue weighted by Crippen LogP contribution is -2.58. The number of hydrogen-bond donors (Lipinski definition) is 1. The monoisotopic (exact) mass is 362 g/mol. The average molecular weight is 363 g/mol. The molecule has 1 aromatic rings. The highest BCUT2D eigenvalue weighted by atomic mass is 35.5. The van der Waals surface area contributed by atoms with Gasteiger partial charge in [0.15, 0.2) is 0 Å². The van der Waals surface area contributed by atoms with Crippen LogP contribution in [-0.2, 0) is 0 Å². The van der Waals surface area contributed by atoms with Crippen LogP contribution in [0.1, 0.15) is 44.7 Å². The van der Waals surface area contributed by atoms with E-state index >= 15 is 0 Å². The zero-order chi connectivity index (χ0) is 16.6. The summed E-state index contributed by atoms with van der Waals surface area (Å²) < 4.78 is 40.2. The van der Waals surface area contributed by atoms with E-state index in [2.05, 4.69) is 24.1 Å². The van der Waals surface area contributed by atoms with Crippen molar-refractivity contribution in [1.29, 1.82) is 0 Å². The Balaban J connectivity index is 0.00000208. The molecule has 0 radical (unpaired) electrons.